The first-order chi connectivity index (χ1) is 26.4. The molecule has 1 saturated carbocycles. The van der Waals surface area contributed by atoms with Gasteiger partial charge in [0.05, 0.1) is 31.2 Å². The summed E-state index contributed by atoms with van der Waals surface area (Å²) in [6.45, 7) is 11.0. The summed E-state index contributed by atoms with van der Waals surface area (Å²) < 4.78 is 6.06. The number of ether oxygens (including phenoxy) is 1. The fourth-order valence-electron chi connectivity index (χ4n) is 7.78. The highest BCUT2D eigenvalue weighted by Gasteiger charge is 2.40. The Morgan fingerprint density at radius 3 is 2.27 bits per heavy atom. The fourth-order valence-corrected chi connectivity index (χ4v) is 7.78. The molecule has 12 nitrogen and oxygen atoms in total. The van der Waals surface area contributed by atoms with E-state index in [0.29, 0.717) is 44.1 Å². The Labute approximate surface area is 339 Å². The predicted molar refractivity (Wildman–Crippen MR) is 220 cm³/mol. The molecule has 0 bridgehead atoms. The third-order valence-electron chi connectivity index (χ3n) is 10.6. The van der Waals surface area contributed by atoms with Crippen molar-refractivity contribution in [1.82, 2.24) is 26.2 Å². The topological polar surface area (TPSA) is 169 Å². The molecule has 312 valence electrons. The summed E-state index contributed by atoms with van der Waals surface area (Å²) in [5.41, 5.74) is 2.59. The lowest BCUT2D eigenvalue weighted by molar-refractivity contribution is -0.143. The van der Waals surface area contributed by atoms with Crippen LogP contribution in [-0.4, -0.2) is 89.3 Å². The van der Waals surface area contributed by atoms with Crippen molar-refractivity contribution in [2.45, 2.75) is 129 Å². The van der Waals surface area contributed by atoms with Gasteiger partial charge in [-0.25, -0.2) is 0 Å². The Balaban J connectivity index is 0.00000841. The largest absolute Gasteiger partial charge is 0.491 e. The number of nitrogens with one attached hydrogen (secondary N) is 4. The van der Waals surface area contributed by atoms with Gasteiger partial charge in [0.25, 0.3) is 0 Å². The molecular weight excluding hydrogens is 734 g/mol. The lowest BCUT2D eigenvalue weighted by Gasteiger charge is -2.36. The van der Waals surface area contributed by atoms with E-state index < -0.39 is 42.1 Å². The first-order valence-electron chi connectivity index (χ1n) is 20.3. The van der Waals surface area contributed by atoms with Crippen LogP contribution in [0.25, 0.3) is 0 Å². The van der Waals surface area contributed by atoms with E-state index in [1.807, 2.05) is 76.2 Å². The number of aliphatic hydroxyl groups excluding tert-OH is 2. The molecule has 2 aromatic rings. The second-order valence-corrected chi connectivity index (χ2v) is 16.2. The molecule has 56 heavy (non-hydrogen) atoms. The number of carbonyl (C=O) groups excluding carboxylic acids is 4. The molecule has 4 rings (SSSR count). The molecule has 2 aromatic carbocycles. The van der Waals surface area contributed by atoms with E-state index in [9.17, 15) is 29.4 Å². The number of halogens is 1. The number of hydrogen-bond donors (Lipinski definition) is 6. The first kappa shape index (κ1) is 46.7. The van der Waals surface area contributed by atoms with Crippen molar-refractivity contribution in [2.75, 3.05) is 26.3 Å². The maximum Gasteiger partial charge on any atom is 0.243 e. The Morgan fingerprint density at radius 2 is 1.62 bits per heavy atom. The van der Waals surface area contributed by atoms with Gasteiger partial charge < -0.3 is 41.1 Å². The molecule has 3 unspecified atom stereocenters. The number of aliphatic hydroxyl groups is 2. The minimum Gasteiger partial charge on any atom is -0.491 e. The highest BCUT2D eigenvalue weighted by Crippen LogP contribution is 2.38. The van der Waals surface area contributed by atoms with Gasteiger partial charge in [0.15, 0.2) is 0 Å². The molecule has 13 heteroatoms. The van der Waals surface area contributed by atoms with E-state index in [1.165, 1.54) is 13.3 Å². The molecule has 0 saturated heterocycles. The van der Waals surface area contributed by atoms with Gasteiger partial charge in [-0.1, -0.05) is 96.2 Å². The van der Waals surface area contributed by atoms with Crippen molar-refractivity contribution < 1.29 is 34.1 Å². The average molecular weight is 800 g/mol. The molecule has 1 heterocycles. The zero-order valence-corrected chi connectivity index (χ0v) is 34.7. The molecular formula is C43H66ClN5O7. The van der Waals surface area contributed by atoms with Crippen LogP contribution in [0.1, 0.15) is 109 Å². The van der Waals surface area contributed by atoms with Crippen LogP contribution >= 0.6 is 12.4 Å². The summed E-state index contributed by atoms with van der Waals surface area (Å²) in [6, 6.07) is 12.1. The van der Waals surface area contributed by atoms with Crippen molar-refractivity contribution in [3.8, 4) is 5.75 Å². The van der Waals surface area contributed by atoms with Crippen LogP contribution in [0, 0.1) is 17.8 Å². The highest BCUT2D eigenvalue weighted by molar-refractivity contribution is 5.92. The molecule has 0 aromatic heterocycles. The van der Waals surface area contributed by atoms with Crippen LogP contribution in [0.3, 0.4) is 0 Å². The Hall–Kier alpha value is -3.71. The quantitative estimate of drug-likeness (QED) is 0.0998. The smallest absolute Gasteiger partial charge is 0.243 e. The van der Waals surface area contributed by atoms with Crippen molar-refractivity contribution in [1.29, 1.82) is 0 Å². The summed E-state index contributed by atoms with van der Waals surface area (Å²) in [5.74, 6) is -0.224. The second-order valence-electron chi connectivity index (χ2n) is 16.2. The van der Waals surface area contributed by atoms with E-state index in [4.69, 9.17) is 4.74 Å². The number of hydrogen-bond acceptors (Lipinski definition) is 8. The number of carbonyl (C=O) groups is 4. The maximum atomic E-state index is 14.6. The van der Waals surface area contributed by atoms with Crippen LogP contribution in [0.5, 0.6) is 5.75 Å². The summed E-state index contributed by atoms with van der Waals surface area (Å²) in [5, 5.41) is 32.8. The SMILES string of the molecule is CC(=O)N(C1COc2ccc(CNCCO)cc21)[C@@H](Cc1ccccc1)C(=O)N[C@@H](CC(C)C)C(=O)NC(CC1CCCCC1)C(O)CC(=O)NCC(C)C.Cl. The number of benzene rings is 2. The van der Waals surface area contributed by atoms with E-state index in [2.05, 4.69) is 21.3 Å². The predicted octanol–water partition coefficient (Wildman–Crippen LogP) is 4.59. The Bertz CT molecular complexity index is 1540. The zero-order valence-electron chi connectivity index (χ0n) is 33.9. The van der Waals surface area contributed by atoms with Gasteiger partial charge in [0, 0.05) is 38.5 Å². The molecule has 0 spiro atoms. The molecule has 1 aliphatic carbocycles. The zero-order chi connectivity index (χ0) is 39.9. The Kier molecular flexibility index (Phi) is 19.6. The molecule has 0 radical (unpaired) electrons. The summed E-state index contributed by atoms with van der Waals surface area (Å²) in [7, 11) is 0. The van der Waals surface area contributed by atoms with E-state index in [0.717, 1.165) is 42.4 Å². The van der Waals surface area contributed by atoms with E-state index in [1.54, 1.807) is 4.90 Å². The molecule has 1 fully saturated rings. The third-order valence-corrected chi connectivity index (χ3v) is 10.6. The van der Waals surface area contributed by atoms with Gasteiger partial charge in [0.2, 0.25) is 23.6 Å². The van der Waals surface area contributed by atoms with Crippen LogP contribution < -0.4 is 26.0 Å². The minimum absolute atomic E-state index is 0. The molecule has 5 atom stereocenters. The Morgan fingerprint density at radius 1 is 0.911 bits per heavy atom. The summed E-state index contributed by atoms with van der Waals surface area (Å²) >= 11 is 0. The van der Waals surface area contributed by atoms with Gasteiger partial charge in [-0.05, 0) is 53.9 Å². The third kappa shape index (κ3) is 14.3. The molecule has 6 N–H and O–H groups in total. The average Bonchev–Trinajstić information content (AvgIpc) is 3.56. The normalized spacial score (nSPS) is 17.5. The van der Waals surface area contributed by atoms with Crippen molar-refractivity contribution in [2.24, 2.45) is 17.8 Å². The van der Waals surface area contributed by atoms with E-state index in [-0.39, 0.29) is 62.1 Å². The van der Waals surface area contributed by atoms with Crippen molar-refractivity contribution in [3.63, 3.8) is 0 Å². The monoisotopic (exact) mass is 799 g/mol. The molecule has 4 amide bonds. The lowest BCUT2D eigenvalue weighted by Crippen LogP contribution is -2.58. The fraction of sp³-hybridized carbons (Fsp3) is 0.628. The van der Waals surface area contributed by atoms with Gasteiger partial charge >= 0.3 is 0 Å². The van der Waals surface area contributed by atoms with Gasteiger partial charge in [-0.3, -0.25) is 19.2 Å². The molecule has 1 aliphatic heterocycles. The van der Waals surface area contributed by atoms with Gasteiger partial charge in [-0.15, -0.1) is 12.4 Å². The van der Waals surface area contributed by atoms with E-state index >= 15 is 0 Å². The lowest BCUT2D eigenvalue weighted by atomic mass is 9.83. The van der Waals surface area contributed by atoms with Crippen molar-refractivity contribution >= 4 is 36.0 Å². The first-order valence-corrected chi connectivity index (χ1v) is 20.3. The number of nitrogens with zero attached hydrogens (tertiary/aromatic N) is 1. The standard InChI is InChI=1S/C43H65N5O7.ClH/c1-28(2)20-36(42(53)46-35(22-31-12-8-6-9-13-31)39(51)24-41(52)45-25-29(3)4)47-43(54)37(23-32-14-10-7-11-15-32)48(30(5)50)38-27-55-40-17-16-33(21-34(38)40)26-44-18-19-49;/h7,10-11,14-17,21,28-29,31,35-39,44,49,51H,6,8-9,12-13,18-20,22-27H2,1-5H3,(H,45,52)(H,46,53)(H,47,54);1H/t35?,36-,37-,38?,39?;/m0./s1. The van der Waals surface area contributed by atoms with Gasteiger partial charge in [0.1, 0.15) is 24.4 Å². The van der Waals surface area contributed by atoms with Crippen LogP contribution in [0.15, 0.2) is 48.5 Å². The van der Waals surface area contributed by atoms with Gasteiger partial charge in [-0.2, -0.15) is 0 Å². The second kappa shape index (κ2) is 23.5. The van der Waals surface area contributed by atoms with Crippen molar-refractivity contribution in [3.05, 3.63) is 65.2 Å². The maximum absolute atomic E-state index is 14.6. The number of rotatable bonds is 21. The minimum atomic E-state index is -1.10. The highest BCUT2D eigenvalue weighted by atomic mass is 35.5. The molecule has 2 aliphatic rings. The summed E-state index contributed by atoms with van der Waals surface area (Å²) in [6.07, 6.45) is 5.20. The number of fused-ring (bicyclic) bond motifs is 1. The van der Waals surface area contributed by atoms with Crippen LogP contribution in [0.4, 0.5) is 0 Å². The van der Waals surface area contributed by atoms with Crippen LogP contribution in [-0.2, 0) is 32.1 Å². The summed E-state index contributed by atoms with van der Waals surface area (Å²) in [4.78, 5) is 56.9. The van der Waals surface area contributed by atoms with Crippen LogP contribution in [0.2, 0.25) is 0 Å². The number of amides is 4.